The highest BCUT2D eigenvalue weighted by Crippen LogP contribution is 2.23. The minimum absolute atomic E-state index is 0.844. The number of hydrogen-bond donors (Lipinski definition) is 0. The quantitative estimate of drug-likeness (QED) is 0.636. The SMILES string of the molecule is Brc1ccc(-c2ccc(Br)cc2)cc1.CCOCC. The molecule has 0 aromatic heterocycles. The minimum Gasteiger partial charge on any atom is -0.382 e. The van der Waals surface area contributed by atoms with Crippen LogP contribution in [-0.2, 0) is 4.74 Å². The van der Waals surface area contributed by atoms with Gasteiger partial charge in [-0.15, -0.1) is 0 Å². The Hall–Kier alpha value is -0.640. The Kier molecular flexibility index (Phi) is 8.03. The minimum atomic E-state index is 0.844. The van der Waals surface area contributed by atoms with Gasteiger partial charge in [0.15, 0.2) is 0 Å². The molecule has 0 unspecified atom stereocenters. The topological polar surface area (TPSA) is 9.23 Å². The zero-order chi connectivity index (χ0) is 14.1. The van der Waals surface area contributed by atoms with E-state index in [-0.39, 0.29) is 0 Å². The Bertz CT molecular complexity index is 418. The first-order valence-corrected chi connectivity index (χ1v) is 7.85. The highest BCUT2D eigenvalue weighted by Gasteiger charge is 1.96. The molecule has 0 fully saturated rings. The van der Waals surface area contributed by atoms with Crippen molar-refractivity contribution in [3.8, 4) is 11.1 Å². The Morgan fingerprint density at radius 2 is 1.00 bits per heavy atom. The van der Waals surface area contributed by atoms with E-state index in [9.17, 15) is 0 Å². The molecule has 0 spiro atoms. The van der Waals surface area contributed by atoms with Gasteiger partial charge in [0.05, 0.1) is 0 Å². The van der Waals surface area contributed by atoms with Gasteiger partial charge in [0.25, 0.3) is 0 Å². The molecule has 0 saturated heterocycles. The van der Waals surface area contributed by atoms with Crippen LogP contribution in [0.5, 0.6) is 0 Å². The van der Waals surface area contributed by atoms with Crippen LogP contribution >= 0.6 is 31.9 Å². The van der Waals surface area contributed by atoms with Crippen LogP contribution in [0.2, 0.25) is 0 Å². The Morgan fingerprint density at radius 3 is 1.21 bits per heavy atom. The van der Waals surface area contributed by atoms with Crippen molar-refractivity contribution in [1.82, 2.24) is 0 Å². The van der Waals surface area contributed by atoms with E-state index in [2.05, 4.69) is 80.4 Å². The van der Waals surface area contributed by atoms with Crippen molar-refractivity contribution in [2.45, 2.75) is 13.8 Å². The molecule has 0 N–H and O–H groups in total. The van der Waals surface area contributed by atoms with E-state index in [0.29, 0.717) is 0 Å². The number of halogens is 2. The smallest absolute Gasteiger partial charge is 0.0437 e. The van der Waals surface area contributed by atoms with Gasteiger partial charge in [-0.3, -0.25) is 0 Å². The van der Waals surface area contributed by atoms with Gasteiger partial charge >= 0.3 is 0 Å². The third-order valence-corrected chi connectivity index (χ3v) is 3.49. The fourth-order valence-corrected chi connectivity index (χ4v) is 2.02. The lowest BCUT2D eigenvalue weighted by Crippen LogP contribution is -1.84. The predicted molar refractivity (Wildman–Crippen MR) is 89.4 cm³/mol. The van der Waals surface area contributed by atoms with Crippen LogP contribution < -0.4 is 0 Å². The molecular weight excluding hydrogens is 368 g/mol. The summed E-state index contributed by atoms with van der Waals surface area (Å²) in [6.45, 7) is 5.67. The van der Waals surface area contributed by atoms with Gasteiger partial charge < -0.3 is 4.74 Å². The van der Waals surface area contributed by atoms with Crippen LogP contribution in [0, 0.1) is 0 Å². The fraction of sp³-hybridized carbons (Fsp3) is 0.250. The predicted octanol–water partition coefficient (Wildman–Crippen LogP) is 5.92. The Balaban J connectivity index is 0.000000312. The molecule has 0 heterocycles. The van der Waals surface area contributed by atoms with Crippen molar-refractivity contribution in [3.63, 3.8) is 0 Å². The molecule has 0 bridgehead atoms. The summed E-state index contributed by atoms with van der Waals surface area (Å²) in [4.78, 5) is 0. The summed E-state index contributed by atoms with van der Waals surface area (Å²) in [5, 5.41) is 0. The van der Waals surface area contributed by atoms with E-state index < -0.39 is 0 Å². The van der Waals surface area contributed by atoms with Crippen molar-refractivity contribution in [3.05, 3.63) is 57.5 Å². The molecule has 0 aliphatic heterocycles. The van der Waals surface area contributed by atoms with Crippen molar-refractivity contribution in [1.29, 1.82) is 0 Å². The second kappa shape index (κ2) is 9.29. The highest BCUT2D eigenvalue weighted by molar-refractivity contribution is 9.10. The lowest BCUT2D eigenvalue weighted by Gasteiger charge is -2.01. The van der Waals surface area contributed by atoms with Crippen LogP contribution in [0.4, 0.5) is 0 Å². The van der Waals surface area contributed by atoms with E-state index in [1.807, 2.05) is 13.8 Å². The summed E-state index contributed by atoms with van der Waals surface area (Å²) >= 11 is 6.84. The number of benzene rings is 2. The zero-order valence-electron chi connectivity index (χ0n) is 11.2. The van der Waals surface area contributed by atoms with Crippen LogP contribution in [0.25, 0.3) is 11.1 Å². The third kappa shape index (κ3) is 6.37. The van der Waals surface area contributed by atoms with Gasteiger partial charge in [-0.25, -0.2) is 0 Å². The number of hydrogen-bond acceptors (Lipinski definition) is 1. The van der Waals surface area contributed by atoms with Gasteiger partial charge in [-0.1, -0.05) is 56.1 Å². The lowest BCUT2D eigenvalue weighted by molar-refractivity contribution is 0.162. The monoisotopic (exact) mass is 384 g/mol. The first-order chi connectivity index (χ1) is 9.17. The fourth-order valence-electron chi connectivity index (χ4n) is 1.49. The van der Waals surface area contributed by atoms with Crippen molar-refractivity contribution in [2.24, 2.45) is 0 Å². The molecule has 0 amide bonds. The molecule has 3 heteroatoms. The Morgan fingerprint density at radius 1 is 0.684 bits per heavy atom. The summed E-state index contributed by atoms with van der Waals surface area (Å²) < 4.78 is 7.05. The Labute approximate surface area is 132 Å². The van der Waals surface area contributed by atoms with Gasteiger partial charge in [-0.05, 0) is 49.2 Å². The maximum absolute atomic E-state index is 4.83. The summed E-state index contributed by atoms with van der Waals surface area (Å²) in [6, 6.07) is 16.6. The third-order valence-electron chi connectivity index (χ3n) is 2.43. The van der Waals surface area contributed by atoms with E-state index in [0.717, 1.165) is 22.2 Å². The first-order valence-electron chi connectivity index (χ1n) is 6.26. The van der Waals surface area contributed by atoms with Crippen molar-refractivity contribution in [2.75, 3.05) is 13.2 Å². The molecule has 102 valence electrons. The second-order valence-electron chi connectivity index (χ2n) is 3.80. The molecule has 2 rings (SSSR count). The second-order valence-corrected chi connectivity index (χ2v) is 5.63. The molecule has 0 aliphatic rings. The molecule has 19 heavy (non-hydrogen) atoms. The molecule has 2 aromatic carbocycles. The standard InChI is InChI=1S/C12H8Br2.C4H10O/c13-11-5-1-9(2-6-11)10-3-7-12(14)8-4-10;1-3-5-4-2/h1-8H;3-4H2,1-2H3. The van der Waals surface area contributed by atoms with E-state index >= 15 is 0 Å². The maximum atomic E-state index is 4.83. The van der Waals surface area contributed by atoms with Crippen LogP contribution in [0.15, 0.2) is 57.5 Å². The largest absolute Gasteiger partial charge is 0.382 e. The average molecular weight is 386 g/mol. The molecule has 0 atom stereocenters. The number of ether oxygens (including phenoxy) is 1. The number of rotatable bonds is 3. The summed E-state index contributed by atoms with van der Waals surface area (Å²) in [6.07, 6.45) is 0. The highest BCUT2D eigenvalue weighted by atomic mass is 79.9. The van der Waals surface area contributed by atoms with Gasteiger partial charge in [0, 0.05) is 22.2 Å². The normalized spacial score (nSPS) is 9.68. The van der Waals surface area contributed by atoms with Gasteiger partial charge in [0.1, 0.15) is 0 Å². The van der Waals surface area contributed by atoms with Crippen molar-refractivity contribution >= 4 is 31.9 Å². The molecule has 0 aliphatic carbocycles. The summed E-state index contributed by atoms with van der Waals surface area (Å²) in [7, 11) is 0. The lowest BCUT2D eigenvalue weighted by atomic mass is 10.1. The average Bonchev–Trinajstić information content (AvgIpc) is 2.42. The van der Waals surface area contributed by atoms with E-state index in [1.54, 1.807) is 0 Å². The first kappa shape index (κ1) is 16.4. The van der Waals surface area contributed by atoms with Crippen LogP contribution in [-0.4, -0.2) is 13.2 Å². The van der Waals surface area contributed by atoms with E-state index in [4.69, 9.17) is 4.74 Å². The van der Waals surface area contributed by atoms with Crippen LogP contribution in [0.1, 0.15) is 13.8 Å². The van der Waals surface area contributed by atoms with Crippen molar-refractivity contribution < 1.29 is 4.74 Å². The summed E-state index contributed by atoms with van der Waals surface area (Å²) in [5.74, 6) is 0. The van der Waals surface area contributed by atoms with E-state index in [1.165, 1.54) is 11.1 Å². The molecule has 1 nitrogen and oxygen atoms in total. The maximum Gasteiger partial charge on any atom is 0.0437 e. The van der Waals surface area contributed by atoms with Gasteiger partial charge in [0.2, 0.25) is 0 Å². The molecule has 0 saturated carbocycles. The molecule has 2 aromatic rings. The summed E-state index contributed by atoms with van der Waals surface area (Å²) in [5.41, 5.74) is 2.47. The molecular formula is C16H18Br2O. The molecule has 0 radical (unpaired) electrons. The zero-order valence-corrected chi connectivity index (χ0v) is 14.4. The van der Waals surface area contributed by atoms with Crippen LogP contribution in [0.3, 0.4) is 0 Å². The van der Waals surface area contributed by atoms with Gasteiger partial charge in [-0.2, -0.15) is 0 Å².